The SMILES string of the molecule is Cc1cc(CN2CCN(C(=O)c3ccccc3-n3cnnn3)CC2)on1. The van der Waals surface area contributed by atoms with Crippen molar-refractivity contribution >= 4 is 5.91 Å². The molecule has 1 amide bonds. The average molecular weight is 353 g/mol. The first-order valence-corrected chi connectivity index (χ1v) is 8.47. The van der Waals surface area contributed by atoms with Crippen LogP contribution in [0.2, 0.25) is 0 Å². The Hall–Kier alpha value is -3.07. The van der Waals surface area contributed by atoms with E-state index in [0.717, 1.165) is 24.5 Å². The van der Waals surface area contributed by atoms with E-state index in [4.69, 9.17) is 4.52 Å². The molecule has 2 aromatic heterocycles. The summed E-state index contributed by atoms with van der Waals surface area (Å²) in [4.78, 5) is 17.1. The molecule has 1 fully saturated rings. The van der Waals surface area contributed by atoms with Crippen LogP contribution in [0.15, 0.2) is 41.2 Å². The van der Waals surface area contributed by atoms with Gasteiger partial charge in [-0.05, 0) is 29.5 Å². The van der Waals surface area contributed by atoms with Crippen LogP contribution in [0.25, 0.3) is 5.69 Å². The Bertz CT molecular complexity index is 882. The lowest BCUT2D eigenvalue weighted by Crippen LogP contribution is -2.48. The summed E-state index contributed by atoms with van der Waals surface area (Å²) in [6.45, 7) is 5.53. The molecule has 134 valence electrons. The molecule has 0 radical (unpaired) electrons. The Morgan fingerprint density at radius 2 is 2.00 bits per heavy atom. The summed E-state index contributed by atoms with van der Waals surface area (Å²) in [5.74, 6) is 0.845. The smallest absolute Gasteiger partial charge is 0.256 e. The molecular formula is C17H19N7O2. The van der Waals surface area contributed by atoms with E-state index in [1.54, 1.807) is 0 Å². The number of benzene rings is 1. The van der Waals surface area contributed by atoms with E-state index in [9.17, 15) is 4.79 Å². The zero-order valence-electron chi connectivity index (χ0n) is 14.4. The number of aromatic nitrogens is 5. The number of hydrogen-bond donors (Lipinski definition) is 0. The van der Waals surface area contributed by atoms with Gasteiger partial charge in [0.2, 0.25) is 0 Å². The third-order valence-corrected chi connectivity index (χ3v) is 4.45. The van der Waals surface area contributed by atoms with Crippen LogP contribution in [-0.4, -0.2) is 67.2 Å². The van der Waals surface area contributed by atoms with Crippen molar-refractivity contribution in [3.63, 3.8) is 0 Å². The molecule has 9 nitrogen and oxygen atoms in total. The summed E-state index contributed by atoms with van der Waals surface area (Å²) in [6.07, 6.45) is 1.49. The van der Waals surface area contributed by atoms with Crippen molar-refractivity contribution in [3.05, 3.63) is 53.7 Å². The molecule has 1 aromatic carbocycles. The maximum absolute atomic E-state index is 13.0. The molecule has 26 heavy (non-hydrogen) atoms. The molecule has 0 saturated carbocycles. The van der Waals surface area contributed by atoms with Crippen molar-refractivity contribution < 1.29 is 9.32 Å². The first-order chi connectivity index (χ1) is 12.7. The summed E-state index contributed by atoms with van der Waals surface area (Å²) in [6, 6.07) is 9.31. The zero-order chi connectivity index (χ0) is 17.9. The minimum absolute atomic E-state index is 0.00809. The van der Waals surface area contributed by atoms with Gasteiger partial charge in [-0.25, -0.2) is 0 Å². The highest BCUT2D eigenvalue weighted by Gasteiger charge is 2.25. The van der Waals surface area contributed by atoms with Crippen molar-refractivity contribution in [2.75, 3.05) is 26.2 Å². The van der Waals surface area contributed by atoms with Gasteiger partial charge >= 0.3 is 0 Å². The number of para-hydroxylation sites is 1. The summed E-state index contributed by atoms with van der Waals surface area (Å²) >= 11 is 0. The number of carbonyl (C=O) groups excluding carboxylic acids is 1. The predicted octanol–water partition coefficient (Wildman–Crippen LogP) is 0.917. The minimum Gasteiger partial charge on any atom is -0.360 e. The summed E-state index contributed by atoms with van der Waals surface area (Å²) < 4.78 is 6.78. The maximum Gasteiger partial charge on any atom is 0.256 e. The lowest BCUT2D eigenvalue weighted by atomic mass is 10.1. The molecule has 3 aromatic rings. The number of nitrogens with zero attached hydrogens (tertiary/aromatic N) is 7. The van der Waals surface area contributed by atoms with E-state index in [1.807, 2.05) is 42.2 Å². The number of carbonyl (C=O) groups is 1. The van der Waals surface area contributed by atoms with Gasteiger partial charge in [0.1, 0.15) is 6.33 Å². The molecule has 1 aliphatic rings. The predicted molar refractivity (Wildman–Crippen MR) is 91.6 cm³/mol. The van der Waals surface area contributed by atoms with Crippen LogP contribution < -0.4 is 0 Å². The zero-order valence-corrected chi connectivity index (χ0v) is 14.4. The fraction of sp³-hybridized carbons (Fsp3) is 0.353. The van der Waals surface area contributed by atoms with Gasteiger partial charge in [-0.1, -0.05) is 17.3 Å². The van der Waals surface area contributed by atoms with E-state index < -0.39 is 0 Å². The van der Waals surface area contributed by atoms with Crippen molar-refractivity contribution in [3.8, 4) is 5.69 Å². The molecule has 0 N–H and O–H groups in total. The summed E-state index contributed by atoms with van der Waals surface area (Å²) in [5, 5.41) is 15.1. The number of piperazine rings is 1. The number of rotatable bonds is 4. The normalized spacial score (nSPS) is 15.3. The van der Waals surface area contributed by atoms with Crippen molar-refractivity contribution in [2.45, 2.75) is 13.5 Å². The number of hydrogen-bond acceptors (Lipinski definition) is 7. The van der Waals surface area contributed by atoms with Crippen LogP contribution in [0.4, 0.5) is 0 Å². The summed E-state index contributed by atoms with van der Waals surface area (Å²) in [7, 11) is 0. The Kier molecular flexibility index (Phi) is 4.44. The van der Waals surface area contributed by atoms with Gasteiger partial charge in [0.25, 0.3) is 5.91 Å². The van der Waals surface area contributed by atoms with Crippen LogP contribution in [0, 0.1) is 6.92 Å². The third-order valence-electron chi connectivity index (χ3n) is 4.45. The second-order valence-electron chi connectivity index (χ2n) is 6.27. The Labute approximate surface area is 150 Å². The van der Waals surface area contributed by atoms with E-state index in [-0.39, 0.29) is 5.91 Å². The molecule has 0 atom stereocenters. The van der Waals surface area contributed by atoms with Gasteiger partial charge in [0, 0.05) is 32.2 Å². The van der Waals surface area contributed by atoms with E-state index in [1.165, 1.54) is 11.0 Å². The van der Waals surface area contributed by atoms with E-state index in [2.05, 4.69) is 25.6 Å². The maximum atomic E-state index is 13.0. The molecule has 0 aliphatic carbocycles. The highest BCUT2D eigenvalue weighted by molar-refractivity contribution is 5.97. The highest BCUT2D eigenvalue weighted by atomic mass is 16.5. The van der Waals surface area contributed by atoms with Crippen molar-refractivity contribution in [1.82, 2.24) is 35.2 Å². The van der Waals surface area contributed by atoms with Gasteiger partial charge in [-0.3, -0.25) is 9.69 Å². The van der Waals surface area contributed by atoms with Crippen LogP contribution in [0.1, 0.15) is 21.8 Å². The molecule has 9 heteroatoms. The quantitative estimate of drug-likeness (QED) is 0.688. The molecule has 0 unspecified atom stereocenters. The Morgan fingerprint density at radius 1 is 1.19 bits per heavy atom. The Morgan fingerprint density at radius 3 is 2.69 bits per heavy atom. The standard InChI is InChI=1S/C17H19N7O2/c1-13-10-14(26-19-13)11-22-6-8-23(9-7-22)17(25)15-4-2-3-5-16(15)24-12-18-20-21-24/h2-5,10,12H,6-9,11H2,1H3. The average Bonchev–Trinajstić information content (AvgIpc) is 3.34. The van der Waals surface area contributed by atoms with E-state index in [0.29, 0.717) is 30.9 Å². The van der Waals surface area contributed by atoms with Gasteiger partial charge in [0.15, 0.2) is 5.76 Å². The monoisotopic (exact) mass is 353 g/mol. The molecule has 0 spiro atoms. The van der Waals surface area contributed by atoms with Crippen LogP contribution in [0.5, 0.6) is 0 Å². The number of amides is 1. The number of aryl methyl sites for hydroxylation is 1. The second-order valence-corrected chi connectivity index (χ2v) is 6.27. The van der Waals surface area contributed by atoms with Gasteiger partial charge in [0.05, 0.1) is 23.5 Å². The van der Waals surface area contributed by atoms with Crippen LogP contribution >= 0.6 is 0 Å². The van der Waals surface area contributed by atoms with Gasteiger partial charge in [-0.15, -0.1) is 5.10 Å². The van der Waals surface area contributed by atoms with E-state index >= 15 is 0 Å². The van der Waals surface area contributed by atoms with Crippen molar-refractivity contribution in [2.24, 2.45) is 0 Å². The molecule has 4 rings (SSSR count). The molecule has 0 bridgehead atoms. The first kappa shape index (κ1) is 16.4. The fourth-order valence-corrected chi connectivity index (χ4v) is 3.12. The molecule has 3 heterocycles. The molecular weight excluding hydrogens is 334 g/mol. The lowest BCUT2D eigenvalue weighted by Gasteiger charge is -2.34. The molecule has 1 aliphatic heterocycles. The fourth-order valence-electron chi connectivity index (χ4n) is 3.12. The second kappa shape index (κ2) is 7.04. The topological polar surface area (TPSA) is 93.2 Å². The summed E-state index contributed by atoms with van der Waals surface area (Å²) in [5.41, 5.74) is 2.16. The number of tetrazole rings is 1. The van der Waals surface area contributed by atoms with Gasteiger partial charge < -0.3 is 9.42 Å². The molecule has 1 saturated heterocycles. The largest absolute Gasteiger partial charge is 0.360 e. The third kappa shape index (κ3) is 3.33. The lowest BCUT2D eigenvalue weighted by molar-refractivity contribution is 0.0617. The van der Waals surface area contributed by atoms with Crippen molar-refractivity contribution in [1.29, 1.82) is 0 Å². The minimum atomic E-state index is -0.00809. The Balaban J connectivity index is 1.43. The highest BCUT2D eigenvalue weighted by Crippen LogP contribution is 2.17. The van der Waals surface area contributed by atoms with Crippen LogP contribution in [0.3, 0.4) is 0 Å². The van der Waals surface area contributed by atoms with Gasteiger partial charge in [-0.2, -0.15) is 4.68 Å². The first-order valence-electron chi connectivity index (χ1n) is 8.47. The van der Waals surface area contributed by atoms with Crippen LogP contribution in [-0.2, 0) is 6.54 Å².